The van der Waals surface area contributed by atoms with Crippen LogP contribution in [0.2, 0.25) is 0 Å². The van der Waals surface area contributed by atoms with Crippen LogP contribution >= 0.6 is 0 Å². The maximum atomic E-state index is 5.23. The third kappa shape index (κ3) is 6.10. The lowest BCUT2D eigenvalue weighted by atomic mass is 9.79. The fourth-order valence-corrected chi connectivity index (χ4v) is 10.9. The third-order valence-electron chi connectivity index (χ3n) is 14.4. The molecule has 0 spiro atoms. The highest BCUT2D eigenvalue weighted by Crippen LogP contribution is 2.59. The van der Waals surface area contributed by atoms with Crippen molar-refractivity contribution >= 4 is 21.5 Å². The van der Waals surface area contributed by atoms with Crippen LogP contribution in [0, 0.1) is 0 Å². The number of hydrogen-bond acceptors (Lipinski definition) is 6. The van der Waals surface area contributed by atoms with Crippen LogP contribution in [-0.2, 0) is 10.8 Å². The third-order valence-corrected chi connectivity index (χ3v) is 14.4. The van der Waals surface area contributed by atoms with Gasteiger partial charge in [-0.25, -0.2) is 29.9 Å². The molecule has 68 heavy (non-hydrogen) atoms. The molecule has 6 heteroatoms. The van der Waals surface area contributed by atoms with E-state index in [1.807, 2.05) is 72.8 Å². The van der Waals surface area contributed by atoms with Gasteiger partial charge in [-0.05, 0) is 90.3 Å². The number of rotatable bonds is 6. The molecule has 13 rings (SSSR count). The monoisotopic (exact) mass is 872 g/mol. The molecular weight excluding hydrogens is 829 g/mol. The van der Waals surface area contributed by atoms with Gasteiger partial charge in [-0.2, -0.15) is 0 Å². The Balaban J connectivity index is 1.00. The van der Waals surface area contributed by atoms with Gasteiger partial charge in [0.05, 0.1) is 0 Å². The van der Waals surface area contributed by atoms with Gasteiger partial charge in [0.2, 0.25) is 0 Å². The van der Waals surface area contributed by atoms with Crippen LogP contribution in [0.1, 0.15) is 49.9 Å². The smallest absolute Gasteiger partial charge is 0.164 e. The number of benzene rings is 9. The van der Waals surface area contributed by atoms with Crippen LogP contribution in [0.3, 0.4) is 0 Å². The highest BCUT2D eigenvalue weighted by atomic mass is 15.0. The van der Waals surface area contributed by atoms with Crippen molar-refractivity contribution in [3.8, 4) is 90.6 Å². The predicted octanol–water partition coefficient (Wildman–Crippen LogP) is 15.0. The molecule has 2 heterocycles. The zero-order valence-corrected chi connectivity index (χ0v) is 38.2. The molecule has 6 nitrogen and oxygen atoms in total. The number of aromatic nitrogens is 6. The second-order valence-electron chi connectivity index (χ2n) is 19.1. The van der Waals surface area contributed by atoms with Gasteiger partial charge in [0.25, 0.3) is 0 Å². The van der Waals surface area contributed by atoms with Gasteiger partial charge >= 0.3 is 0 Å². The molecular formula is C62H44N6. The summed E-state index contributed by atoms with van der Waals surface area (Å²) in [7, 11) is 0. The van der Waals surface area contributed by atoms with Gasteiger partial charge in [0, 0.05) is 44.2 Å². The molecule has 322 valence electrons. The summed E-state index contributed by atoms with van der Waals surface area (Å²) < 4.78 is 0. The lowest BCUT2D eigenvalue weighted by Crippen LogP contribution is -2.17. The van der Waals surface area contributed by atoms with Gasteiger partial charge in [0.15, 0.2) is 34.9 Å². The van der Waals surface area contributed by atoms with Crippen LogP contribution in [-0.4, -0.2) is 29.9 Å². The molecule has 11 aromatic rings. The standard InChI is InChI=1S/C62H44N6/c1-61(2)49-35-48-50(36-47(49)53-43-31-19-17-29-41(43)45(33-51(53)61)59-65-55(37-21-9-5-10-22-37)63-56(66-59)38-23-11-6-12-24-38)62(3,4)52-34-46(42-30-18-20-32-44(42)54(48)52)60-67-57(39-25-13-7-14-26-39)64-58(68-60)40-27-15-8-16-28-40/h5-36H,1-4H3. The molecule has 2 aromatic heterocycles. The maximum absolute atomic E-state index is 5.23. The van der Waals surface area contributed by atoms with E-state index in [0.717, 1.165) is 44.2 Å². The summed E-state index contributed by atoms with van der Waals surface area (Å²) in [5.74, 6) is 3.92. The number of hydrogen-bond donors (Lipinski definition) is 0. The van der Waals surface area contributed by atoms with Crippen molar-refractivity contribution in [1.29, 1.82) is 0 Å². The quantitative estimate of drug-likeness (QED) is 0.166. The van der Waals surface area contributed by atoms with E-state index in [-0.39, 0.29) is 10.8 Å². The summed E-state index contributed by atoms with van der Waals surface area (Å²) in [5.41, 5.74) is 15.4. The van der Waals surface area contributed by atoms with Gasteiger partial charge in [-0.1, -0.05) is 198 Å². The molecule has 0 amide bonds. The van der Waals surface area contributed by atoms with Crippen molar-refractivity contribution in [1.82, 2.24) is 29.9 Å². The first-order chi connectivity index (χ1) is 33.2. The molecule has 9 aromatic carbocycles. The number of fused-ring (bicyclic) bond motifs is 10. The van der Waals surface area contributed by atoms with Crippen LogP contribution in [0.5, 0.6) is 0 Å². The molecule has 2 aliphatic rings. The van der Waals surface area contributed by atoms with E-state index in [9.17, 15) is 0 Å². The summed E-state index contributed by atoms with van der Waals surface area (Å²) in [4.78, 5) is 31.0. The summed E-state index contributed by atoms with van der Waals surface area (Å²) >= 11 is 0. The molecule has 0 saturated carbocycles. The maximum Gasteiger partial charge on any atom is 0.164 e. The molecule has 0 fully saturated rings. The van der Waals surface area contributed by atoms with Crippen LogP contribution in [0.15, 0.2) is 194 Å². The van der Waals surface area contributed by atoms with E-state index in [1.54, 1.807) is 0 Å². The first kappa shape index (κ1) is 39.8. The largest absolute Gasteiger partial charge is 0.208 e. The van der Waals surface area contributed by atoms with E-state index < -0.39 is 0 Å². The van der Waals surface area contributed by atoms with Crippen molar-refractivity contribution in [2.24, 2.45) is 0 Å². The topological polar surface area (TPSA) is 77.3 Å². The normalized spacial score (nSPS) is 13.8. The summed E-state index contributed by atoms with van der Waals surface area (Å²) in [6, 6.07) is 68.1. The fraction of sp³-hybridized carbons (Fsp3) is 0.0968. The second-order valence-corrected chi connectivity index (χ2v) is 19.1. The zero-order valence-electron chi connectivity index (χ0n) is 38.2. The Kier molecular flexibility index (Phi) is 8.80. The summed E-state index contributed by atoms with van der Waals surface area (Å²) in [6.07, 6.45) is 0. The van der Waals surface area contributed by atoms with Crippen molar-refractivity contribution < 1.29 is 0 Å². The SMILES string of the molecule is CC1(C)c2cc3c(cc2-c2c1cc(-c1nc(-c4ccccc4)nc(-c4ccccc4)n1)c1ccccc21)C(C)(C)c1cc(-c2nc(-c4ccccc4)nc(-c4ccccc4)n2)c2ccccc2c1-3. The average molecular weight is 873 g/mol. The Bertz CT molecular complexity index is 3460. The van der Waals surface area contributed by atoms with Gasteiger partial charge in [-0.3, -0.25) is 0 Å². The molecule has 0 unspecified atom stereocenters. The Morgan fingerprint density at radius 3 is 0.809 bits per heavy atom. The molecule has 0 bridgehead atoms. The molecule has 0 atom stereocenters. The second kappa shape index (κ2) is 15.0. The molecule has 0 N–H and O–H groups in total. The van der Waals surface area contributed by atoms with Crippen molar-refractivity contribution in [3.05, 3.63) is 216 Å². The Morgan fingerprint density at radius 2 is 0.500 bits per heavy atom. The van der Waals surface area contributed by atoms with Crippen LogP contribution in [0.25, 0.3) is 112 Å². The van der Waals surface area contributed by atoms with E-state index in [4.69, 9.17) is 29.9 Å². The van der Waals surface area contributed by atoms with Gasteiger partial charge in [-0.15, -0.1) is 0 Å². The first-order valence-electron chi connectivity index (χ1n) is 23.3. The van der Waals surface area contributed by atoms with Crippen molar-refractivity contribution in [2.75, 3.05) is 0 Å². The summed E-state index contributed by atoms with van der Waals surface area (Å²) in [6.45, 7) is 9.49. The predicted molar refractivity (Wildman–Crippen MR) is 276 cm³/mol. The molecule has 0 radical (unpaired) electrons. The van der Waals surface area contributed by atoms with E-state index in [2.05, 4.69) is 149 Å². The molecule has 2 aliphatic carbocycles. The minimum Gasteiger partial charge on any atom is -0.208 e. The Labute approximate surface area is 395 Å². The lowest BCUT2D eigenvalue weighted by molar-refractivity contribution is 0.652. The molecule has 0 aliphatic heterocycles. The van der Waals surface area contributed by atoms with Crippen molar-refractivity contribution in [2.45, 2.75) is 38.5 Å². The Hall–Kier alpha value is -8.48. The summed E-state index contributed by atoms with van der Waals surface area (Å²) in [5, 5.41) is 4.60. The van der Waals surface area contributed by atoms with E-state index in [0.29, 0.717) is 34.9 Å². The van der Waals surface area contributed by atoms with Gasteiger partial charge < -0.3 is 0 Å². The lowest BCUT2D eigenvalue weighted by Gasteiger charge is -2.24. The van der Waals surface area contributed by atoms with Crippen LogP contribution < -0.4 is 0 Å². The molecule has 0 saturated heterocycles. The fourth-order valence-electron chi connectivity index (χ4n) is 10.9. The van der Waals surface area contributed by atoms with Crippen molar-refractivity contribution in [3.63, 3.8) is 0 Å². The van der Waals surface area contributed by atoms with Crippen LogP contribution in [0.4, 0.5) is 0 Å². The van der Waals surface area contributed by atoms with E-state index in [1.165, 1.54) is 55.3 Å². The minimum atomic E-state index is -0.342. The minimum absolute atomic E-state index is 0.342. The zero-order chi connectivity index (χ0) is 45.7. The number of nitrogens with zero attached hydrogens (tertiary/aromatic N) is 6. The van der Waals surface area contributed by atoms with Gasteiger partial charge in [0.1, 0.15) is 0 Å². The average Bonchev–Trinajstić information content (AvgIpc) is 3.76. The Morgan fingerprint density at radius 1 is 0.250 bits per heavy atom. The first-order valence-corrected chi connectivity index (χ1v) is 23.3. The highest BCUT2D eigenvalue weighted by molar-refractivity contribution is 6.12. The highest BCUT2D eigenvalue weighted by Gasteiger charge is 2.44. The van der Waals surface area contributed by atoms with E-state index >= 15 is 0 Å².